The molecule has 1 aromatic heterocycles. The van der Waals surface area contributed by atoms with Crippen LogP contribution in [0.15, 0.2) is 16.5 Å². The lowest BCUT2D eigenvalue weighted by Crippen LogP contribution is -2.12. The number of Topliss-reactive ketones (excluding diaryl/α,β-unsaturated/α-hetero) is 1. The standard InChI is InChI=1S/C17H18ClNO4/c1-3-4-5-22-17(21)12-8-11(12)15(20)10-6-13(18)16-14(7-10)19-9(2)23-16/h6-7,11-12H,3-5,8H2,1-2H3/t11-,12-/m0/s1. The van der Waals surface area contributed by atoms with Crippen LogP contribution in [0, 0.1) is 18.8 Å². The van der Waals surface area contributed by atoms with Gasteiger partial charge in [0.2, 0.25) is 0 Å². The van der Waals surface area contributed by atoms with Crippen molar-refractivity contribution in [2.75, 3.05) is 6.61 Å². The number of halogens is 1. The first-order valence-electron chi connectivity index (χ1n) is 7.78. The van der Waals surface area contributed by atoms with Crippen LogP contribution in [-0.2, 0) is 9.53 Å². The zero-order valence-corrected chi connectivity index (χ0v) is 13.9. The molecule has 1 aliphatic carbocycles. The molecule has 5 nitrogen and oxygen atoms in total. The van der Waals surface area contributed by atoms with E-state index in [4.69, 9.17) is 20.8 Å². The number of rotatable bonds is 6. The number of hydrogen-bond donors (Lipinski definition) is 0. The number of ketones is 1. The highest BCUT2D eigenvalue weighted by molar-refractivity contribution is 6.35. The van der Waals surface area contributed by atoms with Crippen LogP contribution in [-0.4, -0.2) is 23.3 Å². The van der Waals surface area contributed by atoms with Gasteiger partial charge in [0.05, 0.1) is 17.5 Å². The molecule has 0 aliphatic heterocycles. The highest BCUT2D eigenvalue weighted by Crippen LogP contribution is 2.42. The maximum atomic E-state index is 12.5. The zero-order valence-electron chi connectivity index (χ0n) is 13.1. The van der Waals surface area contributed by atoms with Crippen LogP contribution in [0.25, 0.3) is 11.1 Å². The van der Waals surface area contributed by atoms with E-state index in [1.165, 1.54) is 0 Å². The summed E-state index contributed by atoms with van der Waals surface area (Å²) in [5, 5.41) is 0.356. The summed E-state index contributed by atoms with van der Waals surface area (Å²) in [6.45, 7) is 4.17. The number of aromatic nitrogens is 1. The van der Waals surface area contributed by atoms with Crippen molar-refractivity contribution in [1.82, 2.24) is 4.98 Å². The van der Waals surface area contributed by atoms with Crippen molar-refractivity contribution in [2.24, 2.45) is 11.8 Å². The van der Waals surface area contributed by atoms with E-state index in [0.29, 0.717) is 40.6 Å². The molecule has 0 saturated heterocycles. The number of oxazole rings is 1. The maximum absolute atomic E-state index is 12.5. The molecule has 0 bridgehead atoms. The molecule has 0 unspecified atom stereocenters. The third kappa shape index (κ3) is 3.24. The summed E-state index contributed by atoms with van der Waals surface area (Å²) in [5.41, 5.74) is 1.50. The van der Waals surface area contributed by atoms with Gasteiger partial charge in [-0.1, -0.05) is 24.9 Å². The number of ether oxygens (including phenoxy) is 1. The van der Waals surface area contributed by atoms with Gasteiger partial charge in [0.15, 0.2) is 17.3 Å². The fraction of sp³-hybridized carbons (Fsp3) is 0.471. The van der Waals surface area contributed by atoms with Gasteiger partial charge in [-0.3, -0.25) is 9.59 Å². The van der Waals surface area contributed by atoms with Gasteiger partial charge in [-0.2, -0.15) is 0 Å². The van der Waals surface area contributed by atoms with Crippen molar-refractivity contribution in [2.45, 2.75) is 33.1 Å². The van der Waals surface area contributed by atoms with E-state index in [0.717, 1.165) is 12.8 Å². The van der Waals surface area contributed by atoms with Crippen LogP contribution >= 0.6 is 11.6 Å². The van der Waals surface area contributed by atoms with Gasteiger partial charge in [0.1, 0.15) is 5.52 Å². The molecule has 23 heavy (non-hydrogen) atoms. The van der Waals surface area contributed by atoms with Crippen molar-refractivity contribution in [3.63, 3.8) is 0 Å². The van der Waals surface area contributed by atoms with Crippen molar-refractivity contribution >= 4 is 34.5 Å². The minimum atomic E-state index is -0.326. The van der Waals surface area contributed by atoms with Gasteiger partial charge in [0.25, 0.3) is 0 Å². The van der Waals surface area contributed by atoms with E-state index in [1.54, 1.807) is 19.1 Å². The fourth-order valence-electron chi connectivity index (χ4n) is 2.63. The zero-order chi connectivity index (χ0) is 16.6. The van der Waals surface area contributed by atoms with E-state index in [1.807, 2.05) is 6.92 Å². The number of benzene rings is 1. The second kappa shape index (κ2) is 6.32. The molecule has 6 heteroatoms. The summed E-state index contributed by atoms with van der Waals surface area (Å²) in [4.78, 5) is 28.6. The minimum absolute atomic E-state index is 0.0908. The van der Waals surface area contributed by atoms with Crippen molar-refractivity contribution in [3.05, 3.63) is 28.6 Å². The number of nitrogens with zero attached hydrogens (tertiary/aromatic N) is 1. The van der Waals surface area contributed by atoms with Crippen LogP contribution in [0.5, 0.6) is 0 Å². The summed E-state index contributed by atoms with van der Waals surface area (Å²) >= 11 is 6.15. The predicted octanol–water partition coefficient (Wildman–Crippen LogP) is 3.95. The van der Waals surface area contributed by atoms with E-state index in [9.17, 15) is 9.59 Å². The summed E-state index contributed by atoms with van der Waals surface area (Å²) in [5.74, 6) is -0.512. The molecule has 0 spiro atoms. The summed E-state index contributed by atoms with van der Waals surface area (Å²) < 4.78 is 10.6. The second-order valence-corrected chi connectivity index (χ2v) is 6.28. The van der Waals surface area contributed by atoms with Crippen LogP contribution in [0.2, 0.25) is 5.02 Å². The number of carbonyl (C=O) groups excluding carboxylic acids is 2. The van der Waals surface area contributed by atoms with Gasteiger partial charge in [-0.25, -0.2) is 4.98 Å². The molecule has 1 fully saturated rings. The lowest BCUT2D eigenvalue weighted by atomic mass is 10.1. The van der Waals surface area contributed by atoms with E-state index in [-0.39, 0.29) is 23.6 Å². The summed E-state index contributed by atoms with van der Waals surface area (Å²) in [6, 6.07) is 3.24. The Hall–Kier alpha value is -1.88. The molecule has 1 aromatic carbocycles. The number of carbonyl (C=O) groups is 2. The molecular formula is C17H18ClNO4. The van der Waals surface area contributed by atoms with Gasteiger partial charge >= 0.3 is 5.97 Å². The highest BCUT2D eigenvalue weighted by atomic mass is 35.5. The Bertz CT molecular complexity index is 767. The Kier molecular flexibility index (Phi) is 4.39. The molecule has 2 atom stereocenters. The molecule has 122 valence electrons. The first-order valence-corrected chi connectivity index (χ1v) is 8.16. The summed E-state index contributed by atoms with van der Waals surface area (Å²) in [6.07, 6.45) is 2.35. The predicted molar refractivity (Wildman–Crippen MR) is 85.6 cm³/mol. The normalized spacial score (nSPS) is 19.8. The highest BCUT2D eigenvalue weighted by Gasteiger charge is 2.49. The lowest BCUT2D eigenvalue weighted by Gasteiger charge is -2.04. The molecule has 2 aromatic rings. The van der Waals surface area contributed by atoms with Crippen LogP contribution in [0.3, 0.4) is 0 Å². The largest absolute Gasteiger partial charge is 0.465 e. The molecule has 0 radical (unpaired) electrons. The molecule has 0 N–H and O–H groups in total. The minimum Gasteiger partial charge on any atom is -0.465 e. The van der Waals surface area contributed by atoms with Crippen molar-refractivity contribution < 1.29 is 18.7 Å². The van der Waals surface area contributed by atoms with Crippen LogP contribution in [0.4, 0.5) is 0 Å². The Morgan fingerprint density at radius 1 is 1.39 bits per heavy atom. The monoisotopic (exact) mass is 335 g/mol. The molecule has 0 amide bonds. The number of aryl methyl sites for hydroxylation is 1. The van der Waals surface area contributed by atoms with Crippen molar-refractivity contribution in [3.8, 4) is 0 Å². The van der Waals surface area contributed by atoms with E-state index < -0.39 is 0 Å². The van der Waals surface area contributed by atoms with Crippen LogP contribution < -0.4 is 0 Å². The summed E-state index contributed by atoms with van der Waals surface area (Å²) in [7, 11) is 0. The Balaban J connectivity index is 1.71. The Morgan fingerprint density at radius 3 is 2.91 bits per heavy atom. The Labute approximate surface area is 139 Å². The van der Waals surface area contributed by atoms with E-state index in [2.05, 4.69) is 4.98 Å². The third-order valence-corrected chi connectivity index (χ3v) is 4.29. The third-order valence-electron chi connectivity index (χ3n) is 4.01. The first-order chi connectivity index (χ1) is 11.0. The van der Waals surface area contributed by atoms with E-state index >= 15 is 0 Å². The molecule has 1 saturated carbocycles. The first kappa shape index (κ1) is 16.0. The van der Waals surface area contributed by atoms with Crippen molar-refractivity contribution in [1.29, 1.82) is 0 Å². The SMILES string of the molecule is CCCCOC(=O)[C@H]1C[C@@H]1C(=O)c1cc(Cl)c2oc(C)nc2c1. The number of hydrogen-bond acceptors (Lipinski definition) is 5. The molecule has 1 heterocycles. The van der Waals surface area contributed by atoms with Crippen LogP contribution in [0.1, 0.15) is 42.4 Å². The molecule has 1 aliphatic rings. The fourth-order valence-corrected chi connectivity index (χ4v) is 2.88. The number of unbranched alkanes of at least 4 members (excludes halogenated alkanes) is 1. The topological polar surface area (TPSA) is 69.4 Å². The number of fused-ring (bicyclic) bond motifs is 1. The average Bonchev–Trinajstić information content (AvgIpc) is 3.22. The Morgan fingerprint density at radius 2 is 2.17 bits per heavy atom. The molecule has 3 rings (SSSR count). The van der Waals surface area contributed by atoms with Gasteiger partial charge in [-0.15, -0.1) is 0 Å². The number of esters is 1. The smallest absolute Gasteiger partial charge is 0.309 e. The lowest BCUT2D eigenvalue weighted by molar-refractivity contribution is -0.145. The van der Waals surface area contributed by atoms with Gasteiger partial charge in [-0.05, 0) is 25.0 Å². The maximum Gasteiger partial charge on any atom is 0.309 e. The van der Waals surface area contributed by atoms with Gasteiger partial charge in [0, 0.05) is 18.4 Å². The molecular weight excluding hydrogens is 318 g/mol. The van der Waals surface area contributed by atoms with Gasteiger partial charge < -0.3 is 9.15 Å². The second-order valence-electron chi connectivity index (χ2n) is 5.87. The quantitative estimate of drug-likeness (QED) is 0.454. The average molecular weight is 336 g/mol.